The third-order valence-electron chi connectivity index (χ3n) is 1.85. The topological polar surface area (TPSA) is 44.4 Å². The number of hydrogen-bond donors (Lipinski definition) is 2. The summed E-state index contributed by atoms with van der Waals surface area (Å²) in [5, 5.41) is 5.09. The summed E-state index contributed by atoms with van der Waals surface area (Å²) < 4.78 is 37.0. The predicted molar refractivity (Wildman–Crippen MR) is 69.1 cm³/mol. The maximum atomic E-state index is 12.3. The van der Waals surface area contributed by atoms with Crippen LogP contribution >= 0.6 is 0 Å². The molecule has 0 aliphatic rings. The third kappa shape index (κ3) is 6.66. The van der Waals surface area contributed by atoms with Crippen molar-refractivity contribution in [2.75, 3.05) is 33.5 Å². The molecule has 19 heavy (non-hydrogen) atoms. The zero-order valence-electron chi connectivity index (χ0n) is 11.3. The number of urea groups is 1. The molecular weight excluding hydrogens is 259 g/mol. The summed E-state index contributed by atoms with van der Waals surface area (Å²) in [7, 11) is 6.76. The highest BCUT2D eigenvalue weighted by Gasteiger charge is 2.30. The number of halogens is 3. The Morgan fingerprint density at radius 2 is 1.74 bits per heavy atom. The van der Waals surface area contributed by atoms with Crippen molar-refractivity contribution in [1.82, 2.24) is 10.2 Å². The van der Waals surface area contributed by atoms with Crippen LogP contribution in [-0.2, 0) is 6.18 Å². The Kier molecular flexibility index (Phi) is 6.92. The highest BCUT2D eigenvalue weighted by atomic mass is 19.4. The van der Waals surface area contributed by atoms with Crippen LogP contribution in [0.25, 0.3) is 0 Å². The highest BCUT2D eigenvalue weighted by Crippen LogP contribution is 2.30. The quantitative estimate of drug-likeness (QED) is 0.829. The number of alkyl halides is 3. The minimum Gasteiger partial charge on any atom is -0.331 e. The molecule has 2 amide bonds. The summed E-state index contributed by atoms with van der Waals surface area (Å²) in [6.45, 7) is 0. The second-order valence-electron chi connectivity index (χ2n) is 3.90. The second kappa shape index (κ2) is 7.63. The Morgan fingerprint density at radius 3 is 2.16 bits per heavy atom. The summed E-state index contributed by atoms with van der Waals surface area (Å²) in [4.78, 5) is 12.4. The van der Waals surface area contributed by atoms with Crippen LogP contribution in [0.15, 0.2) is 24.3 Å². The van der Waals surface area contributed by atoms with Crippen molar-refractivity contribution in [3.8, 4) is 0 Å². The standard InChI is InChI=1S/C10H11F3N2O.C2H7N/c1-15(2)9(16)14-8-5-3-4-7(6-8)10(11,12)13;1-3-2/h3-6H,1-2H3,(H,14,16);3H,1-2H3. The summed E-state index contributed by atoms with van der Waals surface area (Å²) in [5.41, 5.74) is -0.669. The summed E-state index contributed by atoms with van der Waals surface area (Å²) >= 11 is 0. The van der Waals surface area contributed by atoms with E-state index in [1.807, 2.05) is 14.1 Å². The van der Waals surface area contributed by atoms with E-state index in [1.165, 1.54) is 31.1 Å². The first-order chi connectivity index (χ1) is 8.72. The number of carbonyl (C=O) groups is 1. The fourth-order valence-corrected chi connectivity index (χ4v) is 1.01. The SMILES string of the molecule is CN(C)C(=O)Nc1cccc(C(F)(F)F)c1.CNC. The molecule has 0 aliphatic carbocycles. The number of anilines is 1. The number of hydrogen-bond acceptors (Lipinski definition) is 2. The molecule has 7 heteroatoms. The fraction of sp³-hybridized carbons (Fsp3) is 0.417. The van der Waals surface area contributed by atoms with Crippen LogP contribution in [-0.4, -0.2) is 39.1 Å². The van der Waals surface area contributed by atoms with Crippen molar-refractivity contribution in [3.05, 3.63) is 29.8 Å². The first-order valence-corrected chi connectivity index (χ1v) is 5.46. The predicted octanol–water partition coefficient (Wildman–Crippen LogP) is 2.63. The highest BCUT2D eigenvalue weighted by molar-refractivity contribution is 5.88. The van der Waals surface area contributed by atoms with E-state index in [-0.39, 0.29) is 5.69 Å². The van der Waals surface area contributed by atoms with Gasteiger partial charge in [-0.2, -0.15) is 13.2 Å². The normalized spacial score (nSPS) is 10.3. The third-order valence-corrected chi connectivity index (χ3v) is 1.85. The van der Waals surface area contributed by atoms with Crippen LogP contribution in [0.4, 0.5) is 23.7 Å². The Bertz CT molecular complexity index is 405. The van der Waals surface area contributed by atoms with Crippen molar-refractivity contribution < 1.29 is 18.0 Å². The Morgan fingerprint density at radius 1 is 1.21 bits per heavy atom. The molecule has 4 nitrogen and oxygen atoms in total. The number of nitrogens with one attached hydrogen (secondary N) is 2. The molecule has 0 aromatic heterocycles. The minimum atomic E-state index is -4.40. The van der Waals surface area contributed by atoms with Gasteiger partial charge in [-0.15, -0.1) is 0 Å². The van der Waals surface area contributed by atoms with Gasteiger partial charge in [0, 0.05) is 19.8 Å². The van der Waals surface area contributed by atoms with Crippen LogP contribution in [0.2, 0.25) is 0 Å². The molecule has 0 saturated heterocycles. The lowest BCUT2D eigenvalue weighted by Crippen LogP contribution is -2.27. The number of benzene rings is 1. The van der Waals surface area contributed by atoms with Crippen molar-refractivity contribution in [2.24, 2.45) is 0 Å². The van der Waals surface area contributed by atoms with Gasteiger partial charge in [-0.05, 0) is 32.3 Å². The van der Waals surface area contributed by atoms with Crippen LogP contribution in [0.3, 0.4) is 0 Å². The smallest absolute Gasteiger partial charge is 0.331 e. The van der Waals surface area contributed by atoms with Gasteiger partial charge in [-0.3, -0.25) is 0 Å². The number of amides is 2. The van der Waals surface area contributed by atoms with Gasteiger partial charge < -0.3 is 15.5 Å². The molecule has 1 rings (SSSR count). The van der Waals surface area contributed by atoms with Crippen molar-refractivity contribution in [2.45, 2.75) is 6.18 Å². The van der Waals surface area contributed by atoms with Crippen LogP contribution in [0.1, 0.15) is 5.56 Å². The molecule has 0 spiro atoms. The molecule has 1 aromatic carbocycles. The lowest BCUT2D eigenvalue weighted by atomic mass is 10.2. The molecule has 0 fully saturated rings. The lowest BCUT2D eigenvalue weighted by Gasteiger charge is -2.13. The fourth-order valence-electron chi connectivity index (χ4n) is 1.01. The maximum absolute atomic E-state index is 12.3. The van der Waals surface area contributed by atoms with Gasteiger partial charge in [0.2, 0.25) is 0 Å². The maximum Gasteiger partial charge on any atom is 0.416 e. The molecule has 108 valence electrons. The average Bonchev–Trinajstić information content (AvgIpc) is 2.29. The molecule has 0 radical (unpaired) electrons. The zero-order valence-corrected chi connectivity index (χ0v) is 11.3. The van der Waals surface area contributed by atoms with Gasteiger partial charge in [0.05, 0.1) is 5.56 Å². The van der Waals surface area contributed by atoms with Gasteiger partial charge >= 0.3 is 12.2 Å². The molecule has 0 bridgehead atoms. The Hall–Kier alpha value is -1.76. The van der Waals surface area contributed by atoms with E-state index in [9.17, 15) is 18.0 Å². The van der Waals surface area contributed by atoms with E-state index in [0.717, 1.165) is 12.1 Å². The van der Waals surface area contributed by atoms with Gasteiger partial charge in [0.1, 0.15) is 0 Å². The largest absolute Gasteiger partial charge is 0.416 e. The Labute approximate surface area is 110 Å². The molecular formula is C12H18F3N3O. The van der Waals surface area contributed by atoms with E-state index in [4.69, 9.17) is 0 Å². The monoisotopic (exact) mass is 277 g/mol. The minimum absolute atomic E-state index is 0.119. The van der Waals surface area contributed by atoms with Crippen LogP contribution < -0.4 is 10.6 Å². The molecule has 0 unspecified atom stereocenters. The average molecular weight is 277 g/mol. The molecule has 0 atom stereocenters. The molecule has 1 aromatic rings. The van der Waals surface area contributed by atoms with Crippen molar-refractivity contribution in [3.63, 3.8) is 0 Å². The summed E-state index contributed by atoms with van der Waals surface area (Å²) in [5.74, 6) is 0. The molecule has 0 heterocycles. The van der Waals surface area contributed by atoms with Crippen molar-refractivity contribution >= 4 is 11.7 Å². The van der Waals surface area contributed by atoms with E-state index in [2.05, 4.69) is 10.6 Å². The van der Waals surface area contributed by atoms with E-state index < -0.39 is 17.8 Å². The van der Waals surface area contributed by atoms with E-state index in [0.29, 0.717) is 0 Å². The van der Waals surface area contributed by atoms with Gasteiger partial charge in [0.15, 0.2) is 0 Å². The number of nitrogens with zero attached hydrogens (tertiary/aromatic N) is 1. The van der Waals surface area contributed by atoms with Crippen molar-refractivity contribution in [1.29, 1.82) is 0 Å². The summed E-state index contributed by atoms with van der Waals surface area (Å²) in [6, 6.07) is 4.01. The van der Waals surface area contributed by atoms with E-state index in [1.54, 1.807) is 0 Å². The molecule has 0 aliphatic heterocycles. The lowest BCUT2D eigenvalue weighted by molar-refractivity contribution is -0.137. The Balaban J connectivity index is 0.000000982. The molecule has 0 saturated carbocycles. The first-order valence-electron chi connectivity index (χ1n) is 5.46. The second-order valence-corrected chi connectivity index (χ2v) is 3.90. The van der Waals surface area contributed by atoms with Crippen LogP contribution in [0.5, 0.6) is 0 Å². The van der Waals surface area contributed by atoms with Gasteiger partial charge in [-0.1, -0.05) is 6.07 Å². The number of carbonyl (C=O) groups excluding carboxylic acids is 1. The van der Waals surface area contributed by atoms with E-state index >= 15 is 0 Å². The van der Waals surface area contributed by atoms with Gasteiger partial charge in [0.25, 0.3) is 0 Å². The molecule has 2 N–H and O–H groups in total. The summed E-state index contributed by atoms with van der Waals surface area (Å²) in [6.07, 6.45) is -4.40. The van der Waals surface area contributed by atoms with Gasteiger partial charge in [-0.25, -0.2) is 4.79 Å². The first kappa shape index (κ1) is 17.2. The van der Waals surface area contributed by atoms with Crippen LogP contribution in [0, 0.1) is 0 Å². The zero-order chi connectivity index (χ0) is 15.1. The number of rotatable bonds is 1.